The number of benzene rings is 2. The van der Waals surface area contributed by atoms with Gasteiger partial charge in [0.15, 0.2) is 11.5 Å². The number of hydrogen-bond acceptors (Lipinski definition) is 3. The number of aryl methyl sites for hydroxylation is 1. The number of nitrogens with zero attached hydrogens (tertiary/aromatic N) is 1. The molecule has 3 rings (SSSR count). The van der Waals surface area contributed by atoms with Gasteiger partial charge < -0.3 is 19.4 Å². The second-order valence-corrected chi connectivity index (χ2v) is 6.48. The number of aromatic nitrogens is 1. The zero-order chi connectivity index (χ0) is 19.2. The molecule has 0 fully saturated rings. The van der Waals surface area contributed by atoms with Crippen LogP contribution in [0.25, 0.3) is 10.9 Å². The van der Waals surface area contributed by atoms with Crippen LogP contribution in [0.15, 0.2) is 48.7 Å². The summed E-state index contributed by atoms with van der Waals surface area (Å²) in [4.78, 5) is 12.3. The van der Waals surface area contributed by atoms with Gasteiger partial charge in [-0.05, 0) is 59.7 Å². The number of nitrogens with one attached hydrogen (secondary N) is 1. The standard InChI is InChI=1S/C22H26N2O3/c1-4-16-5-7-19-18(13-16)10-12-24(19)15-22(25)23-11-9-17-6-8-20(26-2)21(14-17)27-3/h5-8,10,12-14H,4,9,11,15H2,1-3H3,(H,23,25). The van der Waals surface area contributed by atoms with Crippen molar-refractivity contribution in [3.63, 3.8) is 0 Å². The van der Waals surface area contributed by atoms with Crippen LogP contribution in [-0.4, -0.2) is 31.2 Å². The molecule has 1 aromatic heterocycles. The maximum absolute atomic E-state index is 12.3. The van der Waals surface area contributed by atoms with E-state index in [0.29, 0.717) is 24.6 Å². The van der Waals surface area contributed by atoms with E-state index >= 15 is 0 Å². The third-order valence-corrected chi connectivity index (χ3v) is 4.74. The molecule has 0 saturated heterocycles. The van der Waals surface area contributed by atoms with Crippen molar-refractivity contribution in [2.75, 3.05) is 20.8 Å². The van der Waals surface area contributed by atoms with E-state index in [-0.39, 0.29) is 5.91 Å². The molecule has 142 valence electrons. The van der Waals surface area contributed by atoms with E-state index in [0.717, 1.165) is 23.9 Å². The fourth-order valence-corrected chi connectivity index (χ4v) is 3.20. The molecule has 3 aromatic rings. The molecule has 0 bridgehead atoms. The van der Waals surface area contributed by atoms with Crippen molar-refractivity contribution in [3.05, 3.63) is 59.8 Å². The van der Waals surface area contributed by atoms with E-state index in [9.17, 15) is 4.79 Å². The molecule has 0 saturated carbocycles. The third-order valence-electron chi connectivity index (χ3n) is 4.74. The highest BCUT2D eigenvalue weighted by atomic mass is 16.5. The topological polar surface area (TPSA) is 52.5 Å². The van der Waals surface area contributed by atoms with Crippen LogP contribution < -0.4 is 14.8 Å². The van der Waals surface area contributed by atoms with Gasteiger partial charge in [-0.3, -0.25) is 4.79 Å². The second kappa shape index (κ2) is 8.62. The minimum Gasteiger partial charge on any atom is -0.493 e. The molecule has 5 nitrogen and oxygen atoms in total. The molecule has 0 aliphatic heterocycles. The zero-order valence-corrected chi connectivity index (χ0v) is 16.1. The molecule has 0 radical (unpaired) electrons. The Morgan fingerprint density at radius 2 is 1.78 bits per heavy atom. The maximum Gasteiger partial charge on any atom is 0.239 e. The number of rotatable bonds is 8. The van der Waals surface area contributed by atoms with Gasteiger partial charge in [0.1, 0.15) is 6.54 Å². The monoisotopic (exact) mass is 366 g/mol. The fourth-order valence-electron chi connectivity index (χ4n) is 3.20. The Balaban J connectivity index is 1.56. The van der Waals surface area contributed by atoms with Gasteiger partial charge in [0, 0.05) is 18.3 Å². The van der Waals surface area contributed by atoms with Crippen LogP contribution in [0.5, 0.6) is 11.5 Å². The first-order valence-corrected chi connectivity index (χ1v) is 9.20. The van der Waals surface area contributed by atoms with Crippen LogP contribution in [-0.2, 0) is 24.2 Å². The largest absolute Gasteiger partial charge is 0.493 e. The van der Waals surface area contributed by atoms with E-state index in [1.807, 2.05) is 29.0 Å². The maximum atomic E-state index is 12.3. The van der Waals surface area contributed by atoms with Crippen molar-refractivity contribution in [3.8, 4) is 11.5 Å². The first-order valence-electron chi connectivity index (χ1n) is 9.20. The highest BCUT2D eigenvalue weighted by Gasteiger charge is 2.08. The number of hydrogen-bond donors (Lipinski definition) is 1. The Labute approximate surface area is 159 Å². The van der Waals surface area contributed by atoms with Crippen LogP contribution in [0.2, 0.25) is 0 Å². The van der Waals surface area contributed by atoms with Crippen LogP contribution in [0.3, 0.4) is 0 Å². The normalized spacial score (nSPS) is 10.8. The smallest absolute Gasteiger partial charge is 0.239 e. The van der Waals surface area contributed by atoms with Crippen molar-refractivity contribution >= 4 is 16.8 Å². The van der Waals surface area contributed by atoms with Gasteiger partial charge in [0.05, 0.1) is 14.2 Å². The molecular weight excluding hydrogens is 340 g/mol. The number of methoxy groups -OCH3 is 2. The van der Waals surface area contributed by atoms with Crippen molar-refractivity contribution in [2.24, 2.45) is 0 Å². The van der Waals surface area contributed by atoms with Crippen molar-refractivity contribution < 1.29 is 14.3 Å². The molecule has 2 aromatic carbocycles. The number of carbonyl (C=O) groups excluding carboxylic acids is 1. The molecule has 0 unspecified atom stereocenters. The van der Waals surface area contributed by atoms with Crippen LogP contribution in [0.1, 0.15) is 18.1 Å². The minimum absolute atomic E-state index is 0.00699. The van der Waals surface area contributed by atoms with E-state index in [1.54, 1.807) is 14.2 Å². The number of ether oxygens (including phenoxy) is 2. The Morgan fingerprint density at radius 1 is 1.00 bits per heavy atom. The quantitative estimate of drug-likeness (QED) is 0.663. The number of fused-ring (bicyclic) bond motifs is 1. The van der Waals surface area contributed by atoms with Gasteiger partial charge in [0.2, 0.25) is 5.91 Å². The van der Waals surface area contributed by atoms with Crippen LogP contribution in [0, 0.1) is 0 Å². The summed E-state index contributed by atoms with van der Waals surface area (Å²) in [5.74, 6) is 1.41. The number of amides is 1. The summed E-state index contributed by atoms with van der Waals surface area (Å²) < 4.78 is 12.5. The summed E-state index contributed by atoms with van der Waals surface area (Å²) in [5.41, 5.74) is 3.48. The van der Waals surface area contributed by atoms with E-state index < -0.39 is 0 Å². The van der Waals surface area contributed by atoms with Crippen molar-refractivity contribution in [1.82, 2.24) is 9.88 Å². The second-order valence-electron chi connectivity index (χ2n) is 6.48. The summed E-state index contributed by atoms with van der Waals surface area (Å²) in [7, 11) is 3.24. The lowest BCUT2D eigenvalue weighted by molar-refractivity contribution is -0.121. The summed E-state index contributed by atoms with van der Waals surface area (Å²) in [6.07, 6.45) is 3.72. The molecule has 0 aliphatic carbocycles. The van der Waals surface area contributed by atoms with Gasteiger partial charge in [-0.2, -0.15) is 0 Å². The molecule has 1 heterocycles. The summed E-state index contributed by atoms with van der Waals surface area (Å²) >= 11 is 0. The number of carbonyl (C=O) groups is 1. The lowest BCUT2D eigenvalue weighted by Gasteiger charge is -2.10. The predicted octanol–water partition coefficient (Wildman–Crippen LogP) is 3.58. The average molecular weight is 366 g/mol. The Bertz CT molecular complexity index is 930. The molecule has 5 heteroatoms. The SMILES string of the molecule is CCc1ccc2c(ccn2CC(=O)NCCc2ccc(OC)c(OC)c2)c1. The molecule has 0 atom stereocenters. The molecule has 1 amide bonds. The van der Waals surface area contributed by atoms with E-state index in [1.165, 1.54) is 10.9 Å². The average Bonchev–Trinajstić information content (AvgIpc) is 3.09. The van der Waals surface area contributed by atoms with Gasteiger partial charge in [-0.15, -0.1) is 0 Å². The van der Waals surface area contributed by atoms with Gasteiger partial charge in [-0.25, -0.2) is 0 Å². The van der Waals surface area contributed by atoms with Gasteiger partial charge in [-0.1, -0.05) is 19.1 Å². The summed E-state index contributed by atoms with van der Waals surface area (Å²) in [6.45, 7) is 3.04. The molecule has 0 spiro atoms. The molecule has 0 aliphatic rings. The molecule has 27 heavy (non-hydrogen) atoms. The highest BCUT2D eigenvalue weighted by Crippen LogP contribution is 2.27. The third kappa shape index (κ3) is 4.42. The Kier molecular flexibility index (Phi) is 6.01. The van der Waals surface area contributed by atoms with E-state index in [4.69, 9.17) is 9.47 Å². The van der Waals surface area contributed by atoms with Crippen LogP contribution >= 0.6 is 0 Å². The highest BCUT2D eigenvalue weighted by molar-refractivity contribution is 5.83. The fraction of sp³-hybridized carbons (Fsp3) is 0.318. The Morgan fingerprint density at radius 3 is 2.52 bits per heavy atom. The van der Waals surface area contributed by atoms with Crippen molar-refractivity contribution in [1.29, 1.82) is 0 Å². The predicted molar refractivity (Wildman–Crippen MR) is 108 cm³/mol. The first kappa shape index (κ1) is 18.8. The minimum atomic E-state index is 0.00699. The zero-order valence-electron chi connectivity index (χ0n) is 16.1. The lowest BCUT2D eigenvalue weighted by atomic mass is 10.1. The van der Waals surface area contributed by atoms with Gasteiger partial charge >= 0.3 is 0 Å². The first-order chi connectivity index (χ1) is 13.1. The van der Waals surface area contributed by atoms with Crippen molar-refractivity contribution in [2.45, 2.75) is 26.3 Å². The van der Waals surface area contributed by atoms with E-state index in [2.05, 4.69) is 36.5 Å². The van der Waals surface area contributed by atoms with Gasteiger partial charge in [0.25, 0.3) is 0 Å². The van der Waals surface area contributed by atoms with Crippen LogP contribution in [0.4, 0.5) is 0 Å². The summed E-state index contributed by atoms with van der Waals surface area (Å²) in [5, 5.41) is 4.16. The Hall–Kier alpha value is -2.95. The molecule has 1 N–H and O–H groups in total. The summed E-state index contributed by atoms with van der Waals surface area (Å²) in [6, 6.07) is 14.3. The molecular formula is C22H26N2O3. The lowest BCUT2D eigenvalue weighted by Crippen LogP contribution is -2.29.